The fourth-order valence-electron chi connectivity index (χ4n) is 3.60. The number of nitrogens with two attached hydrogens (primary N) is 1. The van der Waals surface area contributed by atoms with Crippen molar-refractivity contribution in [2.24, 2.45) is 5.73 Å². The molecule has 3 N–H and O–H groups in total. The second-order valence-corrected chi connectivity index (χ2v) is 18.8. The number of halogens is 2. The van der Waals surface area contributed by atoms with Crippen molar-refractivity contribution in [3.63, 3.8) is 0 Å². The van der Waals surface area contributed by atoms with Crippen LogP contribution in [0, 0.1) is 5.41 Å². The number of nitrogens with one attached hydrogen (secondary N) is 1. The Labute approximate surface area is 194 Å². The van der Waals surface area contributed by atoms with Gasteiger partial charge in [-0.3, -0.25) is 0 Å². The number of benzene rings is 1. The quantitative estimate of drug-likeness (QED) is 0.292. The van der Waals surface area contributed by atoms with Gasteiger partial charge in [0.1, 0.15) is 0 Å². The molecule has 0 radical (unpaired) electrons. The van der Waals surface area contributed by atoms with Crippen molar-refractivity contribution in [2.45, 2.75) is 73.1 Å². The second kappa shape index (κ2) is 10.0. The third kappa shape index (κ3) is 7.36. The van der Waals surface area contributed by atoms with Crippen molar-refractivity contribution >= 4 is 39.6 Å². The van der Waals surface area contributed by atoms with Gasteiger partial charge < -0.3 is 0 Å². The fourth-order valence-corrected chi connectivity index (χ4v) is 10.7. The molecule has 31 heavy (non-hydrogen) atoms. The Kier molecular flexibility index (Phi) is 8.54. The second-order valence-electron chi connectivity index (χ2n) is 9.61. The van der Waals surface area contributed by atoms with Crippen molar-refractivity contribution in [2.75, 3.05) is 12.4 Å². The molecule has 174 valence electrons. The molecular formula is C23H35F2N2O2SSb. The summed E-state index contributed by atoms with van der Waals surface area (Å²) in [6, 6.07) is 7.88. The average Bonchev–Trinajstić information content (AvgIpc) is 2.65. The van der Waals surface area contributed by atoms with Crippen molar-refractivity contribution in [3.05, 3.63) is 41.6 Å². The zero-order chi connectivity index (χ0) is 23.6. The number of rotatable bonds is 7. The first-order valence-corrected chi connectivity index (χ1v) is 16.8. The van der Waals surface area contributed by atoms with E-state index in [-0.39, 0.29) is 20.3 Å². The summed E-state index contributed by atoms with van der Waals surface area (Å²) in [6.07, 6.45) is 2.59. The molecule has 1 saturated heterocycles. The molecule has 1 heterocycles. The van der Waals surface area contributed by atoms with Gasteiger partial charge in [0.25, 0.3) is 0 Å². The summed E-state index contributed by atoms with van der Waals surface area (Å²) in [6.45, 7) is 8.63. The molecule has 0 amide bonds. The van der Waals surface area contributed by atoms with E-state index in [0.29, 0.717) is 24.3 Å². The molecule has 0 aromatic heterocycles. The molecule has 2 rings (SSSR count). The van der Waals surface area contributed by atoms with Gasteiger partial charge in [-0.2, -0.15) is 0 Å². The van der Waals surface area contributed by atoms with E-state index in [2.05, 4.69) is 17.9 Å². The van der Waals surface area contributed by atoms with E-state index in [0.717, 1.165) is 6.42 Å². The van der Waals surface area contributed by atoms with Crippen LogP contribution in [0.5, 0.6) is 0 Å². The maximum absolute atomic E-state index is 14.5. The van der Waals surface area contributed by atoms with E-state index in [1.165, 1.54) is 23.4 Å². The van der Waals surface area contributed by atoms with Crippen LogP contribution >= 0.6 is 0 Å². The van der Waals surface area contributed by atoms with Gasteiger partial charge in [0.2, 0.25) is 0 Å². The Morgan fingerprint density at radius 2 is 2.03 bits per heavy atom. The fraction of sp³-hybridized carbons (Fsp3) is 0.609. The summed E-state index contributed by atoms with van der Waals surface area (Å²) in [4.78, 5) is 2.32. The Bertz CT molecular complexity index is 864. The number of hydrogen-bond donors (Lipinski definition) is 2. The molecule has 0 bridgehead atoms. The Morgan fingerprint density at radius 1 is 1.39 bits per heavy atom. The molecule has 0 spiro atoms. The van der Waals surface area contributed by atoms with E-state index in [1.54, 1.807) is 13.8 Å². The maximum atomic E-state index is 14.5. The van der Waals surface area contributed by atoms with Crippen LogP contribution in [0.1, 0.15) is 53.0 Å². The van der Waals surface area contributed by atoms with Crippen molar-refractivity contribution in [1.82, 2.24) is 0 Å². The SMILES string of the molecule is [CH3][Sb]([c]1cccc(C(C)(C)F)c1)[C]1(C)CCOC(/C(N)=C/C(=N)S(=O)CC(C)(C)F)C1. The van der Waals surface area contributed by atoms with Crippen molar-refractivity contribution in [3.8, 4) is 0 Å². The normalized spacial score (nSPS) is 24.3. The number of hydrogen-bond acceptors (Lipinski definition) is 4. The van der Waals surface area contributed by atoms with Crippen LogP contribution in [-0.2, 0) is 21.2 Å². The van der Waals surface area contributed by atoms with Gasteiger partial charge in [-0.15, -0.1) is 0 Å². The van der Waals surface area contributed by atoms with Crippen LogP contribution in [-0.4, -0.2) is 53.6 Å². The molecule has 0 aliphatic carbocycles. The first-order chi connectivity index (χ1) is 14.1. The van der Waals surface area contributed by atoms with E-state index in [4.69, 9.17) is 15.9 Å². The zero-order valence-electron chi connectivity index (χ0n) is 19.3. The Balaban J connectivity index is 2.18. The van der Waals surface area contributed by atoms with Crippen LogP contribution in [0.25, 0.3) is 0 Å². The van der Waals surface area contributed by atoms with E-state index in [1.807, 2.05) is 18.2 Å². The van der Waals surface area contributed by atoms with Crippen LogP contribution in [0.2, 0.25) is 8.23 Å². The zero-order valence-corrected chi connectivity index (χ0v) is 22.7. The molecule has 0 saturated carbocycles. The summed E-state index contributed by atoms with van der Waals surface area (Å²) in [7, 11) is -1.76. The molecule has 1 aliphatic heterocycles. The third-order valence-electron chi connectivity index (χ3n) is 5.70. The summed E-state index contributed by atoms with van der Waals surface area (Å²) in [5.41, 5.74) is 4.28. The van der Waals surface area contributed by atoms with Gasteiger partial charge in [0.05, 0.1) is 0 Å². The van der Waals surface area contributed by atoms with Gasteiger partial charge in [0.15, 0.2) is 0 Å². The van der Waals surface area contributed by atoms with E-state index >= 15 is 0 Å². The molecule has 3 unspecified atom stereocenters. The molecular weight excluding hydrogens is 528 g/mol. The van der Waals surface area contributed by atoms with Gasteiger partial charge >= 0.3 is 196 Å². The van der Waals surface area contributed by atoms with E-state index in [9.17, 15) is 13.0 Å². The minimum atomic E-state index is -2.04. The van der Waals surface area contributed by atoms with Crippen LogP contribution in [0.15, 0.2) is 36.0 Å². The van der Waals surface area contributed by atoms with Crippen molar-refractivity contribution < 1.29 is 17.7 Å². The monoisotopic (exact) mass is 562 g/mol. The molecule has 1 aliphatic rings. The van der Waals surface area contributed by atoms with Gasteiger partial charge in [-0.25, -0.2) is 0 Å². The molecule has 1 fully saturated rings. The average molecular weight is 563 g/mol. The molecule has 3 atom stereocenters. The minimum absolute atomic E-state index is 0.0333. The molecule has 4 nitrogen and oxygen atoms in total. The molecule has 1 aromatic rings. The van der Waals surface area contributed by atoms with Crippen LogP contribution in [0.3, 0.4) is 0 Å². The predicted molar refractivity (Wildman–Crippen MR) is 127 cm³/mol. The van der Waals surface area contributed by atoms with Gasteiger partial charge in [0, 0.05) is 0 Å². The summed E-state index contributed by atoms with van der Waals surface area (Å²) < 4.78 is 47.6. The first kappa shape index (κ1) is 26.5. The summed E-state index contributed by atoms with van der Waals surface area (Å²) in [5, 5.41) is 7.83. The summed E-state index contributed by atoms with van der Waals surface area (Å²) >= 11 is -2.04. The molecule has 8 heteroatoms. The topological polar surface area (TPSA) is 76.2 Å². The third-order valence-corrected chi connectivity index (χ3v) is 16.0. The van der Waals surface area contributed by atoms with Crippen molar-refractivity contribution in [1.29, 1.82) is 5.41 Å². The van der Waals surface area contributed by atoms with Gasteiger partial charge in [-0.05, 0) is 0 Å². The standard InChI is InChI=1S/C13H22FN2O2S.C9H10F.CH3.Sb/c1-9-4-5-18-11(6-9)10(15)7-12(16)19(17)8-13(2,3)14;1-9(2,10)8-6-4-3-5-7-8;;/h7,11,16H,4-6,8,15H2,1-3H3;3-4,6-7H,1-2H3;1H3;/b10-7-,16-12?;;;. The van der Waals surface area contributed by atoms with Gasteiger partial charge in [-0.1, -0.05) is 0 Å². The predicted octanol–water partition coefficient (Wildman–Crippen LogP) is 4.48. The number of ether oxygens (including phenoxy) is 1. The molecule has 1 aromatic carbocycles. The summed E-state index contributed by atoms with van der Waals surface area (Å²) in [5.74, 6) is -0.244. The van der Waals surface area contributed by atoms with E-state index < -0.39 is 42.3 Å². The van der Waals surface area contributed by atoms with Crippen LogP contribution < -0.4 is 9.24 Å². The number of alkyl halides is 2. The van der Waals surface area contributed by atoms with Crippen LogP contribution in [0.4, 0.5) is 8.78 Å². The Morgan fingerprint density at radius 3 is 2.61 bits per heavy atom. The first-order valence-electron chi connectivity index (χ1n) is 10.4. The Hall–Kier alpha value is -0.782.